The number of hydrogen-bond acceptors (Lipinski definition) is 2. The molecule has 4 aromatic rings. The minimum absolute atomic E-state index is 0.0124. The van der Waals surface area contributed by atoms with Crippen LogP contribution in [0.5, 0.6) is 5.75 Å². The van der Waals surface area contributed by atoms with E-state index in [-0.39, 0.29) is 5.91 Å². The molecule has 4 heteroatoms. The summed E-state index contributed by atoms with van der Waals surface area (Å²) in [6.07, 6.45) is 2.07. The molecule has 0 unspecified atom stereocenters. The number of nitrogens with zero attached hydrogens (tertiary/aromatic N) is 2. The number of carbonyl (C=O) groups excluding carboxylic acids is 1. The summed E-state index contributed by atoms with van der Waals surface area (Å²) in [5.74, 6) is 0.841. The normalized spacial score (nSPS) is 12.6. The molecule has 0 atom stereocenters. The van der Waals surface area contributed by atoms with E-state index in [2.05, 4.69) is 22.9 Å². The Morgan fingerprint density at radius 3 is 2.23 bits per heavy atom. The molecule has 3 aromatic carbocycles. The van der Waals surface area contributed by atoms with Crippen LogP contribution in [-0.4, -0.2) is 17.6 Å². The first-order valence-corrected chi connectivity index (χ1v) is 10.0. The van der Waals surface area contributed by atoms with Crippen LogP contribution in [0.1, 0.15) is 21.6 Å². The van der Waals surface area contributed by atoms with Crippen LogP contribution in [0.25, 0.3) is 11.1 Å². The van der Waals surface area contributed by atoms with Crippen LogP contribution in [0.15, 0.2) is 91.1 Å². The van der Waals surface area contributed by atoms with E-state index in [0.717, 1.165) is 40.4 Å². The Bertz CT molecular complexity index is 1190. The number of benzene rings is 3. The zero-order valence-electron chi connectivity index (χ0n) is 16.8. The molecule has 0 aliphatic carbocycles. The molecule has 4 nitrogen and oxygen atoms in total. The summed E-state index contributed by atoms with van der Waals surface area (Å²) < 4.78 is 7.44. The monoisotopic (exact) mass is 394 g/mol. The molecule has 2 heterocycles. The molecule has 30 heavy (non-hydrogen) atoms. The lowest BCUT2D eigenvalue weighted by molar-refractivity contribution is 0.0985. The zero-order chi connectivity index (χ0) is 20.5. The summed E-state index contributed by atoms with van der Waals surface area (Å²) >= 11 is 0. The predicted octanol–water partition coefficient (Wildman–Crippen LogP) is 5.37. The second kappa shape index (κ2) is 7.56. The molecule has 0 spiro atoms. The van der Waals surface area contributed by atoms with E-state index < -0.39 is 0 Å². The molecular weight excluding hydrogens is 372 g/mol. The highest BCUT2D eigenvalue weighted by atomic mass is 16.5. The highest BCUT2D eigenvalue weighted by Gasteiger charge is 2.24. The third kappa shape index (κ3) is 3.26. The van der Waals surface area contributed by atoms with Gasteiger partial charge in [0.2, 0.25) is 0 Å². The van der Waals surface area contributed by atoms with Crippen molar-refractivity contribution in [2.75, 3.05) is 12.0 Å². The molecule has 5 rings (SSSR count). The summed E-state index contributed by atoms with van der Waals surface area (Å²) in [6.45, 7) is 1.34. The molecule has 1 aliphatic heterocycles. The van der Waals surface area contributed by atoms with E-state index in [1.165, 1.54) is 0 Å². The number of amides is 1. The average molecular weight is 394 g/mol. The molecular formula is C26H22N2O2. The van der Waals surface area contributed by atoms with E-state index in [4.69, 9.17) is 4.74 Å². The van der Waals surface area contributed by atoms with Crippen molar-refractivity contribution in [3.05, 3.63) is 108 Å². The summed E-state index contributed by atoms with van der Waals surface area (Å²) in [7, 11) is 1.66. The molecule has 0 bridgehead atoms. The van der Waals surface area contributed by atoms with Crippen molar-refractivity contribution >= 4 is 11.6 Å². The molecule has 0 N–H and O–H groups in total. The fourth-order valence-electron chi connectivity index (χ4n) is 4.01. The maximum atomic E-state index is 13.5. The van der Waals surface area contributed by atoms with Gasteiger partial charge < -0.3 is 14.2 Å². The Balaban J connectivity index is 1.46. The van der Waals surface area contributed by atoms with Crippen LogP contribution in [-0.2, 0) is 13.1 Å². The molecule has 0 fully saturated rings. The molecule has 0 saturated carbocycles. The van der Waals surface area contributed by atoms with Gasteiger partial charge in [0.1, 0.15) is 5.75 Å². The van der Waals surface area contributed by atoms with Gasteiger partial charge in [-0.3, -0.25) is 4.79 Å². The van der Waals surface area contributed by atoms with Crippen molar-refractivity contribution in [2.24, 2.45) is 0 Å². The predicted molar refractivity (Wildman–Crippen MR) is 119 cm³/mol. The Hall–Kier alpha value is -3.79. The van der Waals surface area contributed by atoms with Crippen molar-refractivity contribution in [1.82, 2.24) is 4.57 Å². The minimum Gasteiger partial charge on any atom is -0.497 e. The van der Waals surface area contributed by atoms with Gasteiger partial charge in [-0.1, -0.05) is 42.5 Å². The number of carbonyl (C=O) groups is 1. The van der Waals surface area contributed by atoms with E-state index in [1.54, 1.807) is 7.11 Å². The second-order valence-electron chi connectivity index (χ2n) is 7.45. The Morgan fingerprint density at radius 2 is 1.50 bits per heavy atom. The van der Waals surface area contributed by atoms with E-state index in [9.17, 15) is 4.79 Å². The topological polar surface area (TPSA) is 34.5 Å². The van der Waals surface area contributed by atoms with Crippen LogP contribution in [0.3, 0.4) is 0 Å². The number of fused-ring (bicyclic) bond motifs is 2. The van der Waals surface area contributed by atoms with Crippen LogP contribution >= 0.6 is 0 Å². The second-order valence-corrected chi connectivity index (χ2v) is 7.45. The molecule has 148 valence electrons. The molecule has 0 saturated heterocycles. The van der Waals surface area contributed by atoms with Gasteiger partial charge >= 0.3 is 0 Å². The lowest BCUT2D eigenvalue weighted by atomic mass is 10.0. The summed E-state index contributed by atoms with van der Waals surface area (Å²) in [5.41, 5.74) is 6.10. The smallest absolute Gasteiger partial charge is 0.258 e. The highest BCUT2D eigenvalue weighted by Crippen LogP contribution is 2.30. The number of rotatable bonds is 3. The van der Waals surface area contributed by atoms with Crippen LogP contribution < -0.4 is 9.64 Å². The quantitative estimate of drug-likeness (QED) is 0.468. The minimum atomic E-state index is 0.0124. The van der Waals surface area contributed by atoms with Gasteiger partial charge in [0.05, 0.1) is 13.7 Å². The van der Waals surface area contributed by atoms with Crippen LogP contribution in [0.2, 0.25) is 0 Å². The van der Waals surface area contributed by atoms with Gasteiger partial charge in [-0.05, 0) is 59.2 Å². The molecule has 1 amide bonds. The number of ether oxygens (including phenoxy) is 1. The van der Waals surface area contributed by atoms with Gasteiger partial charge in [0.25, 0.3) is 5.91 Å². The lowest BCUT2D eigenvalue weighted by Gasteiger charge is -2.23. The Morgan fingerprint density at radius 1 is 0.800 bits per heavy atom. The van der Waals surface area contributed by atoms with Crippen molar-refractivity contribution in [3.8, 4) is 16.9 Å². The summed E-state index contributed by atoms with van der Waals surface area (Å²) in [6, 6.07) is 28.0. The first kappa shape index (κ1) is 18.3. The fraction of sp³-hybridized carbons (Fsp3) is 0.115. The van der Waals surface area contributed by atoms with Crippen molar-refractivity contribution in [1.29, 1.82) is 0 Å². The standard InChI is InChI=1S/C26H22N2O2/c1-30-24-14-12-20(13-15-24)19-8-10-21(11-9-19)26(29)28-18-23-6-4-16-27(23)17-22-5-2-3-7-25(22)28/h2-16H,17-18H2,1H3. The maximum Gasteiger partial charge on any atom is 0.258 e. The molecule has 1 aliphatic rings. The Kier molecular flexibility index (Phi) is 4.60. The van der Waals surface area contributed by atoms with Crippen molar-refractivity contribution in [2.45, 2.75) is 13.1 Å². The lowest BCUT2D eigenvalue weighted by Crippen LogP contribution is -2.30. The van der Waals surface area contributed by atoms with E-state index in [0.29, 0.717) is 12.1 Å². The maximum absolute atomic E-state index is 13.5. The zero-order valence-corrected chi connectivity index (χ0v) is 16.8. The van der Waals surface area contributed by atoms with E-state index in [1.807, 2.05) is 77.7 Å². The number of anilines is 1. The van der Waals surface area contributed by atoms with Gasteiger partial charge in [-0.2, -0.15) is 0 Å². The van der Waals surface area contributed by atoms with Gasteiger partial charge in [0, 0.05) is 29.7 Å². The van der Waals surface area contributed by atoms with Gasteiger partial charge in [0.15, 0.2) is 0 Å². The highest BCUT2D eigenvalue weighted by molar-refractivity contribution is 6.06. The van der Waals surface area contributed by atoms with Crippen molar-refractivity contribution in [3.63, 3.8) is 0 Å². The van der Waals surface area contributed by atoms with Gasteiger partial charge in [-0.25, -0.2) is 0 Å². The number of aromatic nitrogens is 1. The average Bonchev–Trinajstić information content (AvgIpc) is 3.18. The van der Waals surface area contributed by atoms with Gasteiger partial charge in [-0.15, -0.1) is 0 Å². The third-order valence-corrected chi connectivity index (χ3v) is 5.67. The number of methoxy groups -OCH3 is 1. The van der Waals surface area contributed by atoms with Crippen molar-refractivity contribution < 1.29 is 9.53 Å². The SMILES string of the molecule is COc1ccc(-c2ccc(C(=O)N3Cc4cccn4Cc4ccccc43)cc2)cc1. The number of para-hydroxylation sites is 1. The van der Waals surface area contributed by atoms with Crippen LogP contribution in [0.4, 0.5) is 5.69 Å². The molecule has 0 radical (unpaired) electrons. The van der Waals surface area contributed by atoms with E-state index >= 15 is 0 Å². The summed E-state index contributed by atoms with van der Waals surface area (Å²) in [5, 5.41) is 0. The Labute approximate surface area is 176 Å². The molecule has 1 aromatic heterocycles. The largest absolute Gasteiger partial charge is 0.497 e. The fourth-order valence-corrected chi connectivity index (χ4v) is 4.01. The summed E-state index contributed by atoms with van der Waals surface area (Å²) in [4.78, 5) is 15.4. The first-order valence-electron chi connectivity index (χ1n) is 10.0. The first-order chi connectivity index (χ1) is 14.7. The van der Waals surface area contributed by atoms with Crippen LogP contribution in [0, 0.1) is 0 Å². The third-order valence-electron chi connectivity index (χ3n) is 5.67. The number of hydrogen-bond donors (Lipinski definition) is 0.